The van der Waals surface area contributed by atoms with Crippen LogP contribution in [0.25, 0.3) is 0 Å². The highest BCUT2D eigenvalue weighted by Crippen LogP contribution is 2.39. The predicted octanol–water partition coefficient (Wildman–Crippen LogP) is 3.41. The summed E-state index contributed by atoms with van der Waals surface area (Å²) in [7, 11) is 0. The molecule has 0 saturated heterocycles. The van der Waals surface area contributed by atoms with Crippen LogP contribution in [0.5, 0.6) is 0 Å². The number of halogens is 3. The number of amides is 2. The van der Waals surface area contributed by atoms with Gasteiger partial charge in [0.1, 0.15) is 11.8 Å². The molecule has 2 aromatic rings. The van der Waals surface area contributed by atoms with Gasteiger partial charge in [-0.2, -0.15) is 5.10 Å². The van der Waals surface area contributed by atoms with Crippen LogP contribution in [-0.4, -0.2) is 52.4 Å². The van der Waals surface area contributed by atoms with E-state index < -0.39 is 29.9 Å². The Kier molecular flexibility index (Phi) is 8.96. The molecule has 0 aromatic heterocycles. The third kappa shape index (κ3) is 6.85. The first-order chi connectivity index (χ1) is 16.6. The summed E-state index contributed by atoms with van der Waals surface area (Å²) in [6, 6.07) is 10.8. The van der Waals surface area contributed by atoms with Crippen molar-refractivity contribution in [2.75, 3.05) is 11.6 Å². The summed E-state index contributed by atoms with van der Waals surface area (Å²) in [5.74, 6) is -2.44. The lowest BCUT2D eigenvalue weighted by atomic mass is 10.0. The van der Waals surface area contributed by atoms with E-state index in [4.69, 9.17) is 39.9 Å². The lowest BCUT2D eigenvalue weighted by molar-refractivity contribution is -0.147. The highest BCUT2D eigenvalue weighted by Gasteiger charge is 2.34. The molecule has 3 rings (SSSR count). The second-order valence-electron chi connectivity index (χ2n) is 7.89. The fraction of sp³-hybridized carbons (Fsp3) is 0.304. The minimum Gasteiger partial charge on any atom is -0.479 e. The van der Waals surface area contributed by atoms with Crippen molar-refractivity contribution in [3.05, 3.63) is 63.1 Å². The molecule has 0 fully saturated rings. The number of aliphatic carboxylic acids is 1. The topological polar surface area (TPSA) is 131 Å². The van der Waals surface area contributed by atoms with Crippen LogP contribution in [0.3, 0.4) is 0 Å². The first-order valence-corrected chi connectivity index (χ1v) is 11.8. The largest absolute Gasteiger partial charge is 0.479 e. The molecule has 35 heavy (non-hydrogen) atoms. The van der Waals surface area contributed by atoms with Gasteiger partial charge in [-0.25, -0.2) is 4.79 Å². The predicted molar refractivity (Wildman–Crippen MR) is 134 cm³/mol. The van der Waals surface area contributed by atoms with Crippen molar-refractivity contribution in [1.82, 2.24) is 10.6 Å². The van der Waals surface area contributed by atoms with Gasteiger partial charge in [-0.05, 0) is 42.8 Å². The molecule has 0 aliphatic carbocycles. The molecule has 3 atom stereocenters. The number of carbonyl (C=O) groups is 3. The third-order valence-corrected chi connectivity index (χ3v) is 6.12. The van der Waals surface area contributed by atoms with E-state index in [1.165, 1.54) is 6.92 Å². The summed E-state index contributed by atoms with van der Waals surface area (Å²) >= 11 is 18.5. The molecule has 0 bridgehead atoms. The lowest BCUT2D eigenvalue weighted by Gasteiger charge is -2.25. The second kappa shape index (κ2) is 11.7. The number of carboxylic acids is 1. The molecule has 1 aliphatic heterocycles. The number of hydrogen-bond acceptors (Lipinski definition) is 6. The Morgan fingerprint density at radius 1 is 1.11 bits per heavy atom. The molecule has 3 unspecified atom stereocenters. The number of hydrazone groups is 1. The average molecular weight is 542 g/mol. The van der Waals surface area contributed by atoms with Gasteiger partial charge in [-0.15, -0.1) is 0 Å². The maximum Gasteiger partial charge on any atom is 0.332 e. The van der Waals surface area contributed by atoms with Gasteiger partial charge < -0.3 is 20.8 Å². The van der Waals surface area contributed by atoms with Crippen LogP contribution in [0.2, 0.25) is 15.1 Å². The number of rotatable bonds is 9. The Balaban J connectivity index is 1.74. The second-order valence-corrected chi connectivity index (χ2v) is 9.17. The fourth-order valence-electron chi connectivity index (χ4n) is 3.44. The zero-order valence-corrected chi connectivity index (χ0v) is 20.8. The van der Waals surface area contributed by atoms with E-state index in [1.807, 2.05) is 12.1 Å². The van der Waals surface area contributed by atoms with E-state index in [1.54, 1.807) is 35.3 Å². The Labute approximate surface area is 216 Å². The molecular formula is C23H23Cl3N4O5. The minimum absolute atomic E-state index is 0.0606. The Morgan fingerprint density at radius 3 is 2.40 bits per heavy atom. The molecule has 1 aliphatic rings. The van der Waals surface area contributed by atoms with Gasteiger partial charge >= 0.3 is 5.97 Å². The van der Waals surface area contributed by atoms with Gasteiger partial charge in [0.05, 0.1) is 16.8 Å². The van der Waals surface area contributed by atoms with Gasteiger partial charge in [-0.1, -0.05) is 46.9 Å². The standard InChI is InChI=1S/C23H23Cl3N4O5/c1-12(21(32)27-9-8-20(31)23(34)35)28-22(33)17-11-19(13-2-4-14(24)5-3-13)30(29-17)18-7-6-15(25)10-16(18)26/h2-7,10,12,19-20,31H,8-9,11H2,1H3,(H,27,32)(H,28,33)(H,34,35). The SMILES string of the molecule is CC(NC(=O)C1=NN(c2ccc(Cl)cc2Cl)C(c2ccc(Cl)cc2)C1)C(=O)NCCC(O)C(=O)O. The average Bonchev–Trinajstić information content (AvgIpc) is 3.24. The highest BCUT2D eigenvalue weighted by atomic mass is 35.5. The Hall–Kier alpha value is -2.85. The molecule has 2 amide bonds. The number of anilines is 1. The van der Waals surface area contributed by atoms with E-state index in [2.05, 4.69) is 15.7 Å². The van der Waals surface area contributed by atoms with E-state index in [0.717, 1.165) is 5.56 Å². The summed E-state index contributed by atoms with van der Waals surface area (Å²) in [4.78, 5) is 35.9. The van der Waals surface area contributed by atoms with Crippen LogP contribution in [0.4, 0.5) is 5.69 Å². The van der Waals surface area contributed by atoms with E-state index >= 15 is 0 Å². The van der Waals surface area contributed by atoms with Crippen LogP contribution < -0.4 is 15.6 Å². The molecular weight excluding hydrogens is 519 g/mol. The van der Waals surface area contributed by atoms with Crippen LogP contribution in [-0.2, 0) is 14.4 Å². The van der Waals surface area contributed by atoms with Crippen molar-refractivity contribution in [2.45, 2.75) is 38.0 Å². The molecule has 4 N–H and O–H groups in total. The lowest BCUT2D eigenvalue weighted by Crippen LogP contribution is -2.47. The minimum atomic E-state index is -1.58. The number of nitrogens with one attached hydrogen (secondary N) is 2. The zero-order chi connectivity index (χ0) is 25.7. The van der Waals surface area contributed by atoms with Crippen LogP contribution in [0, 0.1) is 0 Å². The highest BCUT2D eigenvalue weighted by molar-refractivity contribution is 6.40. The Morgan fingerprint density at radius 2 is 1.77 bits per heavy atom. The first kappa shape index (κ1) is 26.7. The van der Waals surface area contributed by atoms with Crippen LogP contribution in [0.1, 0.15) is 31.4 Å². The summed E-state index contributed by atoms with van der Waals surface area (Å²) < 4.78 is 0. The molecule has 186 valence electrons. The van der Waals surface area contributed by atoms with Gasteiger partial charge in [-0.3, -0.25) is 14.6 Å². The van der Waals surface area contributed by atoms with E-state index in [0.29, 0.717) is 20.8 Å². The summed E-state index contributed by atoms with van der Waals surface area (Å²) in [6.07, 6.45) is -1.50. The fourth-order valence-corrected chi connectivity index (χ4v) is 4.06. The first-order valence-electron chi connectivity index (χ1n) is 10.6. The molecule has 12 heteroatoms. The van der Waals surface area contributed by atoms with Gasteiger partial charge in [0.15, 0.2) is 6.10 Å². The normalized spacial score (nSPS) is 16.9. The number of benzene rings is 2. The molecule has 0 radical (unpaired) electrons. The van der Waals surface area contributed by atoms with Gasteiger partial charge in [0.2, 0.25) is 5.91 Å². The van der Waals surface area contributed by atoms with Crippen molar-refractivity contribution < 1.29 is 24.6 Å². The van der Waals surface area contributed by atoms with Crippen molar-refractivity contribution in [1.29, 1.82) is 0 Å². The van der Waals surface area contributed by atoms with Crippen molar-refractivity contribution in [3.63, 3.8) is 0 Å². The molecule has 9 nitrogen and oxygen atoms in total. The van der Waals surface area contributed by atoms with Crippen LogP contribution in [0.15, 0.2) is 47.6 Å². The molecule has 1 heterocycles. The van der Waals surface area contributed by atoms with Gasteiger partial charge in [0, 0.05) is 29.4 Å². The summed E-state index contributed by atoms with van der Waals surface area (Å²) in [5.41, 5.74) is 1.60. The van der Waals surface area contributed by atoms with Crippen molar-refractivity contribution >= 4 is 64.0 Å². The van der Waals surface area contributed by atoms with Gasteiger partial charge in [0.25, 0.3) is 5.91 Å². The number of nitrogens with zero attached hydrogens (tertiary/aromatic N) is 2. The summed E-state index contributed by atoms with van der Waals surface area (Å²) in [5, 5.41) is 30.6. The van der Waals surface area contributed by atoms with Crippen LogP contribution >= 0.6 is 34.8 Å². The molecule has 0 spiro atoms. The number of carbonyl (C=O) groups excluding carboxylic acids is 2. The van der Waals surface area contributed by atoms with Crippen molar-refractivity contribution in [3.8, 4) is 0 Å². The smallest absolute Gasteiger partial charge is 0.332 e. The molecule has 2 aromatic carbocycles. The zero-order valence-electron chi connectivity index (χ0n) is 18.5. The number of hydrogen-bond donors (Lipinski definition) is 4. The quantitative estimate of drug-likeness (QED) is 0.385. The maximum atomic E-state index is 12.9. The Bertz CT molecular complexity index is 1140. The maximum absolute atomic E-state index is 12.9. The van der Waals surface area contributed by atoms with E-state index in [9.17, 15) is 19.5 Å². The number of aliphatic hydroxyl groups is 1. The number of aliphatic hydroxyl groups excluding tert-OH is 1. The third-order valence-electron chi connectivity index (χ3n) is 5.33. The molecule has 0 saturated carbocycles. The van der Waals surface area contributed by atoms with E-state index in [-0.39, 0.29) is 31.1 Å². The monoisotopic (exact) mass is 540 g/mol. The number of carboxylic acid groups (broad SMARTS) is 1. The summed E-state index contributed by atoms with van der Waals surface area (Å²) in [6.45, 7) is 1.43. The van der Waals surface area contributed by atoms with Crippen molar-refractivity contribution in [2.24, 2.45) is 5.10 Å².